The minimum Gasteiger partial charge on any atom is -0.339 e. The maximum Gasteiger partial charge on any atom is 0.226 e. The molecule has 2 aromatic carbocycles. The molecule has 5 rings (SSSR count). The van der Waals surface area contributed by atoms with Crippen LogP contribution in [-0.2, 0) is 13.0 Å². The Bertz CT molecular complexity index is 1080. The van der Waals surface area contributed by atoms with Crippen molar-refractivity contribution in [2.75, 3.05) is 13.1 Å². The Morgan fingerprint density at radius 1 is 1.14 bits per heavy atom. The number of hydrogen-bond acceptors (Lipinski definition) is 5. The molecule has 0 amide bonds. The molecule has 0 saturated carbocycles. The monoisotopic (exact) mass is 373 g/mol. The van der Waals surface area contributed by atoms with Crippen LogP contribution < -0.4 is 5.32 Å². The zero-order chi connectivity index (χ0) is 18.8. The molecule has 1 aliphatic heterocycles. The normalized spacial score (nSPS) is 16.8. The molecule has 6 heteroatoms. The van der Waals surface area contributed by atoms with Crippen LogP contribution in [0.1, 0.15) is 24.3 Å². The number of aromatic nitrogens is 4. The summed E-state index contributed by atoms with van der Waals surface area (Å²) in [5, 5.41) is 7.60. The number of nitrogens with one attached hydrogen (secondary N) is 1. The van der Waals surface area contributed by atoms with Crippen LogP contribution in [0.25, 0.3) is 22.4 Å². The minimum absolute atomic E-state index is 0.664. The maximum absolute atomic E-state index is 5.49. The van der Waals surface area contributed by atoms with Crippen LogP contribution in [-0.4, -0.2) is 32.8 Å². The zero-order valence-corrected chi connectivity index (χ0v) is 15.7. The van der Waals surface area contributed by atoms with Gasteiger partial charge in [0.15, 0.2) is 0 Å². The molecule has 1 N–H and O–H groups in total. The highest BCUT2D eigenvalue weighted by molar-refractivity contribution is 5.75. The van der Waals surface area contributed by atoms with Gasteiger partial charge in [-0.25, -0.2) is 4.98 Å². The predicted molar refractivity (Wildman–Crippen MR) is 108 cm³/mol. The van der Waals surface area contributed by atoms with Gasteiger partial charge in [0.2, 0.25) is 11.7 Å². The fourth-order valence-corrected chi connectivity index (χ4v) is 3.90. The molecule has 6 nitrogen and oxygen atoms in total. The first kappa shape index (κ1) is 17.1. The van der Waals surface area contributed by atoms with E-state index in [4.69, 9.17) is 4.52 Å². The van der Waals surface area contributed by atoms with Crippen LogP contribution >= 0.6 is 0 Å². The van der Waals surface area contributed by atoms with E-state index in [2.05, 4.69) is 43.2 Å². The van der Waals surface area contributed by atoms with Gasteiger partial charge in [-0.2, -0.15) is 4.98 Å². The van der Waals surface area contributed by atoms with Crippen molar-refractivity contribution >= 4 is 11.0 Å². The van der Waals surface area contributed by atoms with E-state index in [1.54, 1.807) is 0 Å². The van der Waals surface area contributed by atoms with Crippen molar-refractivity contribution in [3.63, 3.8) is 0 Å². The fraction of sp³-hybridized carbons (Fsp3) is 0.318. The number of benzene rings is 2. The lowest BCUT2D eigenvalue weighted by atomic mass is 10.0. The summed E-state index contributed by atoms with van der Waals surface area (Å²) >= 11 is 0. The minimum atomic E-state index is 0.664. The largest absolute Gasteiger partial charge is 0.339 e. The summed E-state index contributed by atoms with van der Waals surface area (Å²) in [6.07, 6.45) is 5.08. The predicted octanol–water partition coefficient (Wildman–Crippen LogP) is 3.68. The molecule has 0 radical (unpaired) electrons. The van der Waals surface area contributed by atoms with E-state index in [1.165, 1.54) is 12.0 Å². The standard InChI is InChI=1S/C22H23N5O/c1-2-7-20-19(6-1)24-15-27(20)14-17-4-3-5-18(12-17)22-25-21(28-26-22)9-8-16-10-11-23-13-16/h1-7,12,15-16,23H,8-11,13-14H2. The topological polar surface area (TPSA) is 68.8 Å². The molecular formula is C22H23N5O. The Morgan fingerprint density at radius 2 is 2.11 bits per heavy atom. The van der Waals surface area contributed by atoms with E-state index in [-0.39, 0.29) is 0 Å². The van der Waals surface area contributed by atoms with Gasteiger partial charge in [0.25, 0.3) is 0 Å². The molecule has 28 heavy (non-hydrogen) atoms. The zero-order valence-electron chi connectivity index (χ0n) is 15.7. The lowest BCUT2D eigenvalue weighted by Crippen LogP contribution is -2.09. The number of imidazole rings is 1. The Hall–Kier alpha value is -2.99. The summed E-state index contributed by atoms with van der Waals surface area (Å²) in [7, 11) is 0. The first-order valence-electron chi connectivity index (χ1n) is 9.88. The van der Waals surface area contributed by atoms with Crippen LogP contribution in [0.15, 0.2) is 59.4 Å². The Balaban J connectivity index is 1.31. The van der Waals surface area contributed by atoms with Crippen molar-refractivity contribution < 1.29 is 4.52 Å². The van der Waals surface area contributed by atoms with Gasteiger partial charge < -0.3 is 14.4 Å². The first-order chi connectivity index (χ1) is 13.8. The lowest BCUT2D eigenvalue weighted by Gasteiger charge is -2.06. The van der Waals surface area contributed by atoms with Crippen LogP contribution in [0.2, 0.25) is 0 Å². The van der Waals surface area contributed by atoms with Crippen molar-refractivity contribution in [1.29, 1.82) is 0 Å². The van der Waals surface area contributed by atoms with Crippen LogP contribution in [0, 0.1) is 5.92 Å². The Morgan fingerprint density at radius 3 is 3.04 bits per heavy atom. The van der Waals surface area contributed by atoms with E-state index in [1.807, 2.05) is 36.7 Å². The second-order valence-corrected chi connectivity index (χ2v) is 7.47. The van der Waals surface area contributed by atoms with E-state index in [0.29, 0.717) is 5.82 Å². The van der Waals surface area contributed by atoms with Crippen molar-refractivity contribution in [3.05, 3.63) is 66.3 Å². The molecule has 0 bridgehead atoms. The van der Waals surface area contributed by atoms with Crippen molar-refractivity contribution in [3.8, 4) is 11.4 Å². The maximum atomic E-state index is 5.49. The van der Waals surface area contributed by atoms with Crippen molar-refractivity contribution in [2.24, 2.45) is 5.92 Å². The second-order valence-electron chi connectivity index (χ2n) is 7.47. The third kappa shape index (κ3) is 3.55. The van der Waals surface area contributed by atoms with E-state index < -0.39 is 0 Å². The number of fused-ring (bicyclic) bond motifs is 1. The lowest BCUT2D eigenvalue weighted by molar-refractivity contribution is 0.365. The third-order valence-corrected chi connectivity index (χ3v) is 5.46. The Kier molecular flexibility index (Phi) is 4.62. The molecule has 4 aromatic rings. The summed E-state index contributed by atoms with van der Waals surface area (Å²) in [6, 6.07) is 16.5. The quantitative estimate of drug-likeness (QED) is 0.558. The molecule has 142 valence electrons. The molecule has 2 aromatic heterocycles. The summed E-state index contributed by atoms with van der Waals surface area (Å²) in [6.45, 7) is 2.98. The van der Waals surface area contributed by atoms with E-state index >= 15 is 0 Å². The first-order valence-corrected chi connectivity index (χ1v) is 9.88. The van der Waals surface area contributed by atoms with Crippen LogP contribution in [0.5, 0.6) is 0 Å². The third-order valence-electron chi connectivity index (χ3n) is 5.46. The number of aryl methyl sites for hydroxylation is 1. The summed E-state index contributed by atoms with van der Waals surface area (Å²) in [4.78, 5) is 9.08. The van der Waals surface area contributed by atoms with Gasteiger partial charge in [-0.1, -0.05) is 35.5 Å². The molecule has 1 saturated heterocycles. The SMILES string of the molecule is c1cc(Cn2cnc3ccccc32)cc(-c2noc(CCC3CCNC3)n2)c1. The van der Waals surface area contributed by atoms with Gasteiger partial charge in [0.05, 0.1) is 17.4 Å². The van der Waals surface area contributed by atoms with Gasteiger partial charge in [-0.15, -0.1) is 0 Å². The highest BCUT2D eigenvalue weighted by atomic mass is 16.5. The molecule has 0 spiro atoms. The Labute approximate surface area is 163 Å². The number of hydrogen-bond donors (Lipinski definition) is 1. The van der Waals surface area contributed by atoms with Crippen LogP contribution in [0.4, 0.5) is 0 Å². The molecule has 1 aliphatic rings. The average molecular weight is 373 g/mol. The van der Waals surface area contributed by atoms with Gasteiger partial charge in [0.1, 0.15) is 0 Å². The molecule has 1 fully saturated rings. The molecule has 0 aliphatic carbocycles. The molecule has 1 atom stereocenters. The highest BCUT2D eigenvalue weighted by Gasteiger charge is 2.16. The summed E-state index contributed by atoms with van der Waals surface area (Å²) in [5.74, 6) is 2.12. The number of para-hydroxylation sites is 2. The molecule has 3 heterocycles. The summed E-state index contributed by atoms with van der Waals surface area (Å²) < 4.78 is 7.64. The highest BCUT2D eigenvalue weighted by Crippen LogP contribution is 2.21. The number of rotatable bonds is 6. The van der Waals surface area contributed by atoms with Gasteiger partial charge >= 0.3 is 0 Å². The van der Waals surface area contributed by atoms with Gasteiger partial charge in [-0.05, 0) is 55.6 Å². The van der Waals surface area contributed by atoms with Crippen molar-refractivity contribution in [1.82, 2.24) is 25.0 Å². The summed E-state index contributed by atoms with van der Waals surface area (Å²) in [5.41, 5.74) is 4.32. The van der Waals surface area contributed by atoms with E-state index in [0.717, 1.165) is 60.9 Å². The van der Waals surface area contributed by atoms with E-state index in [9.17, 15) is 0 Å². The van der Waals surface area contributed by atoms with Gasteiger partial charge in [0, 0.05) is 18.5 Å². The fourth-order valence-electron chi connectivity index (χ4n) is 3.90. The average Bonchev–Trinajstić information content (AvgIpc) is 3.48. The molecule has 1 unspecified atom stereocenters. The number of nitrogens with zero attached hydrogens (tertiary/aromatic N) is 4. The molecular weight excluding hydrogens is 350 g/mol. The second kappa shape index (κ2) is 7.56. The van der Waals surface area contributed by atoms with Crippen molar-refractivity contribution in [2.45, 2.75) is 25.8 Å². The smallest absolute Gasteiger partial charge is 0.226 e. The van der Waals surface area contributed by atoms with Crippen LogP contribution in [0.3, 0.4) is 0 Å². The van der Waals surface area contributed by atoms with Gasteiger partial charge in [-0.3, -0.25) is 0 Å².